The number of morpholine rings is 1. The minimum Gasteiger partial charge on any atom is -0.369 e. The van der Waals surface area contributed by atoms with Crippen molar-refractivity contribution in [3.63, 3.8) is 0 Å². The van der Waals surface area contributed by atoms with Gasteiger partial charge in [0.2, 0.25) is 0 Å². The first-order chi connectivity index (χ1) is 8.63. The maximum Gasteiger partial charge on any atom is 0.0811 e. The van der Waals surface area contributed by atoms with Crippen LogP contribution in [0.25, 0.3) is 0 Å². The summed E-state index contributed by atoms with van der Waals surface area (Å²) in [5.74, 6) is 0.784. The molecule has 0 radical (unpaired) electrons. The van der Waals surface area contributed by atoms with Crippen LogP contribution in [0.5, 0.6) is 0 Å². The van der Waals surface area contributed by atoms with E-state index in [4.69, 9.17) is 4.74 Å². The summed E-state index contributed by atoms with van der Waals surface area (Å²) < 4.78 is 6.47. The van der Waals surface area contributed by atoms with E-state index in [1.807, 2.05) is 0 Å². The van der Waals surface area contributed by atoms with Crippen LogP contribution in [0.2, 0.25) is 0 Å². The monoisotopic (exact) mass is 254 g/mol. The molecule has 1 atom stereocenters. The first kappa shape index (κ1) is 14.3. The van der Waals surface area contributed by atoms with Gasteiger partial charge in [-0.2, -0.15) is 0 Å². The average Bonchev–Trinajstić information content (AvgIpc) is 2.38. The SMILES string of the molecule is CNC1CCC2(CC1)CNCC(CCC(C)C)O2. The number of ether oxygens (including phenoxy) is 1. The second-order valence-electron chi connectivity index (χ2n) is 6.59. The minimum absolute atomic E-state index is 0.146. The van der Waals surface area contributed by atoms with E-state index >= 15 is 0 Å². The minimum atomic E-state index is 0.146. The molecule has 0 aromatic rings. The lowest BCUT2D eigenvalue weighted by Crippen LogP contribution is -2.56. The maximum atomic E-state index is 6.47. The Hall–Kier alpha value is -0.120. The van der Waals surface area contributed by atoms with Crippen molar-refractivity contribution in [1.29, 1.82) is 0 Å². The van der Waals surface area contributed by atoms with Crippen LogP contribution in [-0.4, -0.2) is 37.9 Å². The highest BCUT2D eigenvalue weighted by molar-refractivity contribution is 4.94. The lowest BCUT2D eigenvalue weighted by atomic mass is 9.80. The van der Waals surface area contributed by atoms with E-state index in [1.165, 1.54) is 38.5 Å². The Kier molecular flexibility index (Phi) is 5.05. The van der Waals surface area contributed by atoms with Crippen LogP contribution in [0, 0.1) is 5.92 Å². The van der Waals surface area contributed by atoms with Crippen molar-refractivity contribution < 1.29 is 4.74 Å². The van der Waals surface area contributed by atoms with Gasteiger partial charge in [0, 0.05) is 19.1 Å². The lowest BCUT2D eigenvalue weighted by Gasteiger charge is -2.46. The van der Waals surface area contributed by atoms with E-state index in [1.54, 1.807) is 0 Å². The molecule has 18 heavy (non-hydrogen) atoms. The van der Waals surface area contributed by atoms with Gasteiger partial charge in [-0.25, -0.2) is 0 Å². The molecule has 106 valence electrons. The van der Waals surface area contributed by atoms with Gasteiger partial charge in [-0.1, -0.05) is 13.8 Å². The van der Waals surface area contributed by atoms with Crippen LogP contribution < -0.4 is 10.6 Å². The Balaban J connectivity index is 1.82. The van der Waals surface area contributed by atoms with Gasteiger partial charge in [0.25, 0.3) is 0 Å². The smallest absolute Gasteiger partial charge is 0.0811 e. The van der Waals surface area contributed by atoms with E-state index in [0.29, 0.717) is 12.1 Å². The topological polar surface area (TPSA) is 33.3 Å². The third-order valence-electron chi connectivity index (χ3n) is 4.61. The fourth-order valence-corrected chi connectivity index (χ4v) is 3.31. The fraction of sp³-hybridized carbons (Fsp3) is 1.00. The zero-order valence-corrected chi connectivity index (χ0v) is 12.3. The summed E-state index contributed by atoms with van der Waals surface area (Å²) in [7, 11) is 2.08. The van der Waals surface area contributed by atoms with Crippen molar-refractivity contribution in [2.24, 2.45) is 5.92 Å². The Morgan fingerprint density at radius 3 is 2.67 bits per heavy atom. The van der Waals surface area contributed by atoms with Gasteiger partial charge in [-0.3, -0.25) is 0 Å². The van der Waals surface area contributed by atoms with Crippen LogP contribution in [0.1, 0.15) is 52.4 Å². The first-order valence-electron chi connectivity index (χ1n) is 7.69. The predicted octanol–water partition coefficient (Wildman–Crippen LogP) is 2.31. The van der Waals surface area contributed by atoms with Gasteiger partial charge in [0.05, 0.1) is 11.7 Å². The van der Waals surface area contributed by atoms with Crippen LogP contribution in [0.15, 0.2) is 0 Å². The molecule has 1 saturated carbocycles. The van der Waals surface area contributed by atoms with Crippen molar-refractivity contribution in [2.45, 2.75) is 70.1 Å². The van der Waals surface area contributed by atoms with Gasteiger partial charge in [-0.05, 0) is 51.5 Å². The molecule has 1 aliphatic heterocycles. The number of rotatable bonds is 4. The normalized spacial score (nSPS) is 37.3. The zero-order valence-electron chi connectivity index (χ0n) is 12.3. The van der Waals surface area contributed by atoms with Crippen LogP contribution in [0.3, 0.4) is 0 Å². The average molecular weight is 254 g/mol. The highest BCUT2D eigenvalue weighted by Crippen LogP contribution is 2.34. The Bertz CT molecular complexity index is 247. The maximum absolute atomic E-state index is 6.47. The molecule has 3 nitrogen and oxygen atoms in total. The molecule has 2 N–H and O–H groups in total. The summed E-state index contributed by atoms with van der Waals surface area (Å²) in [5.41, 5.74) is 0.146. The van der Waals surface area contributed by atoms with Crippen molar-refractivity contribution in [3.05, 3.63) is 0 Å². The summed E-state index contributed by atoms with van der Waals surface area (Å²) in [6.07, 6.45) is 7.87. The molecule has 1 aliphatic carbocycles. The standard InChI is InChI=1S/C15H30N2O/c1-12(2)4-5-14-10-17-11-15(18-14)8-6-13(16-3)7-9-15/h12-14,16-17H,4-11H2,1-3H3. The largest absolute Gasteiger partial charge is 0.369 e. The van der Waals surface area contributed by atoms with E-state index in [9.17, 15) is 0 Å². The zero-order chi connectivity index (χ0) is 13.0. The summed E-state index contributed by atoms with van der Waals surface area (Å²) in [6.45, 7) is 6.69. The van der Waals surface area contributed by atoms with Crippen molar-refractivity contribution >= 4 is 0 Å². The molecule has 1 unspecified atom stereocenters. The fourth-order valence-electron chi connectivity index (χ4n) is 3.31. The second-order valence-corrected chi connectivity index (χ2v) is 6.59. The van der Waals surface area contributed by atoms with Crippen LogP contribution in [0.4, 0.5) is 0 Å². The summed E-state index contributed by atoms with van der Waals surface area (Å²) >= 11 is 0. The van der Waals surface area contributed by atoms with Gasteiger partial charge in [0.1, 0.15) is 0 Å². The number of hydrogen-bond donors (Lipinski definition) is 2. The summed E-state index contributed by atoms with van der Waals surface area (Å²) in [6, 6.07) is 0.704. The van der Waals surface area contributed by atoms with Crippen LogP contribution >= 0.6 is 0 Å². The molecule has 2 rings (SSSR count). The molecule has 1 saturated heterocycles. The lowest BCUT2D eigenvalue weighted by molar-refractivity contribution is -0.138. The predicted molar refractivity (Wildman–Crippen MR) is 75.9 cm³/mol. The molecule has 1 heterocycles. The van der Waals surface area contributed by atoms with Crippen molar-refractivity contribution in [1.82, 2.24) is 10.6 Å². The first-order valence-corrected chi connectivity index (χ1v) is 7.69. The highest BCUT2D eigenvalue weighted by Gasteiger charge is 2.40. The van der Waals surface area contributed by atoms with Crippen molar-refractivity contribution in [3.8, 4) is 0 Å². The van der Waals surface area contributed by atoms with E-state index in [2.05, 4.69) is 31.5 Å². The molecular weight excluding hydrogens is 224 g/mol. The van der Waals surface area contributed by atoms with E-state index < -0.39 is 0 Å². The molecule has 0 aromatic heterocycles. The molecule has 0 aromatic carbocycles. The summed E-state index contributed by atoms with van der Waals surface area (Å²) in [5, 5.41) is 7.01. The Morgan fingerprint density at radius 2 is 2.06 bits per heavy atom. The third-order valence-corrected chi connectivity index (χ3v) is 4.61. The quantitative estimate of drug-likeness (QED) is 0.808. The van der Waals surface area contributed by atoms with Crippen molar-refractivity contribution in [2.75, 3.05) is 20.1 Å². The molecule has 2 fully saturated rings. The van der Waals surface area contributed by atoms with E-state index in [0.717, 1.165) is 19.0 Å². The molecule has 1 spiro atoms. The van der Waals surface area contributed by atoms with Gasteiger partial charge in [-0.15, -0.1) is 0 Å². The third kappa shape index (κ3) is 3.69. The molecule has 3 heteroatoms. The molecule has 0 amide bonds. The Labute approximate surface area is 112 Å². The number of nitrogens with one attached hydrogen (secondary N) is 2. The summed E-state index contributed by atoms with van der Waals surface area (Å²) in [4.78, 5) is 0. The van der Waals surface area contributed by atoms with Gasteiger partial charge >= 0.3 is 0 Å². The second kappa shape index (κ2) is 6.36. The van der Waals surface area contributed by atoms with Gasteiger partial charge < -0.3 is 15.4 Å². The van der Waals surface area contributed by atoms with Gasteiger partial charge in [0.15, 0.2) is 0 Å². The molecule has 0 bridgehead atoms. The molecular formula is C15H30N2O. The molecule has 2 aliphatic rings. The Morgan fingerprint density at radius 1 is 1.33 bits per heavy atom. The highest BCUT2D eigenvalue weighted by atomic mass is 16.5. The number of hydrogen-bond acceptors (Lipinski definition) is 3. The van der Waals surface area contributed by atoms with E-state index in [-0.39, 0.29) is 5.60 Å². The van der Waals surface area contributed by atoms with Crippen LogP contribution in [-0.2, 0) is 4.74 Å².